The van der Waals surface area contributed by atoms with Crippen LogP contribution in [0, 0.1) is 5.92 Å². The molecular weight excluding hydrogens is 446 g/mol. The zero-order valence-corrected chi connectivity index (χ0v) is 21.0. The molecule has 0 aliphatic carbocycles. The number of ketones is 1. The first-order valence-electron chi connectivity index (χ1n) is 12.1. The number of rotatable bonds is 12. The van der Waals surface area contributed by atoms with E-state index in [-0.39, 0.29) is 11.3 Å². The highest BCUT2D eigenvalue weighted by molar-refractivity contribution is 6.46. The lowest BCUT2D eigenvalue weighted by Gasteiger charge is -2.25. The molecule has 35 heavy (non-hydrogen) atoms. The number of methoxy groups -OCH3 is 1. The van der Waals surface area contributed by atoms with Crippen LogP contribution in [0.3, 0.4) is 0 Å². The largest absolute Gasteiger partial charge is 0.507 e. The van der Waals surface area contributed by atoms with Crippen molar-refractivity contribution in [1.29, 1.82) is 0 Å². The van der Waals surface area contributed by atoms with Gasteiger partial charge in [0.05, 0.1) is 24.8 Å². The number of carbonyl (C=O) groups excluding carboxylic acids is 2. The second-order valence-corrected chi connectivity index (χ2v) is 8.99. The number of carbonyl (C=O) groups is 2. The molecule has 1 N–H and O–H groups in total. The molecular formula is C28H35NO6. The molecule has 1 unspecified atom stereocenters. The van der Waals surface area contributed by atoms with E-state index in [1.54, 1.807) is 31.4 Å². The molecule has 0 radical (unpaired) electrons. The minimum Gasteiger partial charge on any atom is -0.507 e. The lowest BCUT2D eigenvalue weighted by molar-refractivity contribution is -0.140. The molecule has 1 aliphatic rings. The minimum atomic E-state index is -0.728. The number of Topliss-reactive ketones (excluding diaryl/α,β-unsaturated/α-hetero) is 1. The highest BCUT2D eigenvalue weighted by Crippen LogP contribution is 2.40. The summed E-state index contributed by atoms with van der Waals surface area (Å²) in [5, 5.41) is 11.2. The lowest BCUT2D eigenvalue weighted by atomic mass is 9.95. The summed E-state index contributed by atoms with van der Waals surface area (Å²) in [4.78, 5) is 27.7. The predicted octanol–water partition coefficient (Wildman–Crippen LogP) is 4.97. The van der Waals surface area contributed by atoms with Crippen molar-refractivity contribution < 1.29 is 28.9 Å². The molecule has 0 aromatic heterocycles. The highest BCUT2D eigenvalue weighted by atomic mass is 16.5. The first-order chi connectivity index (χ1) is 16.9. The average molecular weight is 482 g/mol. The molecule has 188 valence electrons. The standard InChI is InChI=1S/C28H35NO6/c1-5-15-34-23-9-6-8-21(17-23)25-24(27(31)28(32)29(25)14-7-16-33-4)26(30)20-10-12-22(13-11-20)35-18-19(2)3/h6,8-13,17,19,25,30H,5,7,14-16,18H2,1-4H3/b26-24-. The summed E-state index contributed by atoms with van der Waals surface area (Å²) in [6, 6.07) is 13.5. The molecule has 1 amide bonds. The number of ether oxygens (including phenoxy) is 3. The quantitative estimate of drug-likeness (QED) is 0.199. The van der Waals surface area contributed by atoms with Crippen LogP contribution in [0.4, 0.5) is 0 Å². The van der Waals surface area contributed by atoms with Crippen LogP contribution in [0.2, 0.25) is 0 Å². The van der Waals surface area contributed by atoms with E-state index in [1.807, 2.05) is 31.2 Å². The van der Waals surface area contributed by atoms with Crippen LogP contribution in [0.1, 0.15) is 50.8 Å². The average Bonchev–Trinajstić information content (AvgIpc) is 3.11. The van der Waals surface area contributed by atoms with Crippen LogP contribution >= 0.6 is 0 Å². The topological polar surface area (TPSA) is 85.3 Å². The Hall–Kier alpha value is -3.32. The van der Waals surface area contributed by atoms with Gasteiger partial charge in [0, 0.05) is 25.8 Å². The normalized spacial score (nSPS) is 17.3. The minimum absolute atomic E-state index is 0.0657. The Bertz CT molecular complexity index is 1040. The van der Waals surface area contributed by atoms with E-state index in [0.29, 0.717) is 61.3 Å². The number of hydrogen-bond acceptors (Lipinski definition) is 6. The maximum atomic E-state index is 13.2. The van der Waals surface area contributed by atoms with Gasteiger partial charge < -0.3 is 24.2 Å². The van der Waals surface area contributed by atoms with Crippen molar-refractivity contribution in [2.75, 3.05) is 33.5 Å². The van der Waals surface area contributed by atoms with Crippen LogP contribution in [-0.4, -0.2) is 55.2 Å². The maximum absolute atomic E-state index is 13.2. The Labute approximate surface area is 207 Å². The SMILES string of the molecule is CCCOc1cccc(C2/C(=C(/O)c3ccc(OCC(C)C)cc3)C(=O)C(=O)N2CCCOC)c1. The Morgan fingerprint density at radius 1 is 1.03 bits per heavy atom. The third-order valence-corrected chi connectivity index (χ3v) is 5.65. The van der Waals surface area contributed by atoms with Crippen molar-refractivity contribution in [2.45, 2.75) is 39.7 Å². The third kappa shape index (κ3) is 6.42. The molecule has 1 atom stereocenters. The number of amides is 1. The van der Waals surface area contributed by atoms with Crippen molar-refractivity contribution in [1.82, 2.24) is 4.90 Å². The van der Waals surface area contributed by atoms with Gasteiger partial charge in [0.1, 0.15) is 17.3 Å². The number of aliphatic hydroxyl groups excluding tert-OH is 1. The molecule has 0 saturated carbocycles. The fourth-order valence-corrected chi connectivity index (χ4v) is 3.96. The first kappa shape index (κ1) is 26.3. The van der Waals surface area contributed by atoms with Gasteiger partial charge in [-0.05, 0) is 60.7 Å². The number of likely N-dealkylation sites (tertiary alicyclic amines) is 1. The van der Waals surface area contributed by atoms with Crippen molar-refractivity contribution >= 4 is 17.4 Å². The van der Waals surface area contributed by atoms with Gasteiger partial charge in [0.15, 0.2) is 0 Å². The summed E-state index contributed by atoms with van der Waals surface area (Å²) >= 11 is 0. The number of aliphatic hydroxyl groups is 1. The van der Waals surface area contributed by atoms with E-state index >= 15 is 0 Å². The van der Waals surface area contributed by atoms with Gasteiger partial charge in [-0.2, -0.15) is 0 Å². The second kappa shape index (κ2) is 12.4. The van der Waals surface area contributed by atoms with Crippen LogP contribution in [0.25, 0.3) is 5.76 Å². The van der Waals surface area contributed by atoms with Gasteiger partial charge in [0.2, 0.25) is 0 Å². The number of benzene rings is 2. The fourth-order valence-electron chi connectivity index (χ4n) is 3.96. The predicted molar refractivity (Wildman–Crippen MR) is 135 cm³/mol. The molecule has 2 aromatic rings. The zero-order chi connectivity index (χ0) is 25.4. The maximum Gasteiger partial charge on any atom is 0.295 e. The van der Waals surface area contributed by atoms with E-state index in [9.17, 15) is 14.7 Å². The summed E-state index contributed by atoms with van der Waals surface area (Å²) in [7, 11) is 1.59. The van der Waals surface area contributed by atoms with Gasteiger partial charge in [-0.1, -0.05) is 32.9 Å². The molecule has 3 rings (SSSR count). The lowest BCUT2D eigenvalue weighted by Crippen LogP contribution is -2.31. The number of nitrogens with zero attached hydrogens (tertiary/aromatic N) is 1. The highest BCUT2D eigenvalue weighted by Gasteiger charge is 2.45. The summed E-state index contributed by atoms with van der Waals surface area (Å²) in [6.45, 7) is 8.06. The van der Waals surface area contributed by atoms with Gasteiger partial charge in [-0.3, -0.25) is 9.59 Å². The molecule has 1 heterocycles. The summed E-state index contributed by atoms with van der Waals surface area (Å²) in [5.41, 5.74) is 1.21. The molecule has 1 saturated heterocycles. The van der Waals surface area contributed by atoms with Gasteiger partial charge in [0.25, 0.3) is 11.7 Å². The molecule has 2 aromatic carbocycles. The van der Waals surface area contributed by atoms with E-state index < -0.39 is 17.7 Å². The van der Waals surface area contributed by atoms with E-state index in [1.165, 1.54) is 4.90 Å². The Kier molecular flexibility index (Phi) is 9.32. The third-order valence-electron chi connectivity index (χ3n) is 5.65. The zero-order valence-electron chi connectivity index (χ0n) is 21.0. The van der Waals surface area contributed by atoms with Crippen molar-refractivity contribution in [3.05, 3.63) is 65.2 Å². The summed E-state index contributed by atoms with van der Waals surface area (Å²) in [5.74, 6) is 0.160. The molecule has 1 fully saturated rings. The van der Waals surface area contributed by atoms with Crippen molar-refractivity contribution in [3.8, 4) is 11.5 Å². The molecule has 0 bridgehead atoms. The monoisotopic (exact) mass is 481 g/mol. The van der Waals surface area contributed by atoms with Crippen LogP contribution in [0.5, 0.6) is 11.5 Å². The first-order valence-corrected chi connectivity index (χ1v) is 12.1. The smallest absolute Gasteiger partial charge is 0.295 e. The van der Waals surface area contributed by atoms with Crippen LogP contribution in [0.15, 0.2) is 54.1 Å². The van der Waals surface area contributed by atoms with Gasteiger partial charge >= 0.3 is 0 Å². The Morgan fingerprint density at radius 3 is 2.43 bits per heavy atom. The van der Waals surface area contributed by atoms with Gasteiger partial charge in [-0.25, -0.2) is 0 Å². The van der Waals surface area contributed by atoms with Crippen molar-refractivity contribution in [3.63, 3.8) is 0 Å². The summed E-state index contributed by atoms with van der Waals surface area (Å²) < 4.78 is 16.6. The second-order valence-electron chi connectivity index (χ2n) is 8.99. The summed E-state index contributed by atoms with van der Waals surface area (Å²) in [6.07, 6.45) is 1.42. The van der Waals surface area contributed by atoms with Gasteiger partial charge in [-0.15, -0.1) is 0 Å². The van der Waals surface area contributed by atoms with Crippen LogP contribution < -0.4 is 9.47 Å². The van der Waals surface area contributed by atoms with Crippen LogP contribution in [-0.2, 0) is 14.3 Å². The van der Waals surface area contributed by atoms with E-state index in [2.05, 4.69) is 13.8 Å². The van der Waals surface area contributed by atoms with E-state index in [0.717, 1.165) is 6.42 Å². The van der Waals surface area contributed by atoms with E-state index in [4.69, 9.17) is 14.2 Å². The molecule has 0 spiro atoms. The molecule has 7 nitrogen and oxygen atoms in total. The Balaban J connectivity index is 2.01. The number of hydrogen-bond donors (Lipinski definition) is 1. The molecule has 1 aliphatic heterocycles. The Morgan fingerprint density at radius 2 is 1.77 bits per heavy atom. The fraction of sp³-hybridized carbons (Fsp3) is 0.429. The molecule has 7 heteroatoms. The van der Waals surface area contributed by atoms with Crippen molar-refractivity contribution in [2.24, 2.45) is 5.92 Å².